The van der Waals surface area contributed by atoms with Gasteiger partial charge in [0.1, 0.15) is 12.3 Å². The topological polar surface area (TPSA) is 80.9 Å². The molecule has 4 bridgehead atoms. The fourth-order valence-corrected chi connectivity index (χ4v) is 9.04. The maximum Gasteiger partial charge on any atom is 0.320 e. The van der Waals surface area contributed by atoms with E-state index in [2.05, 4.69) is 46.9 Å². The van der Waals surface area contributed by atoms with E-state index in [4.69, 9.17) is 4.74 Å². The molecule has 5 heterocycles. The Morgan fingerprint density at radius 1 is 1.00 bits per heavy atom. The van der Waals surface area contributed by atoms with Crippen LogP contribution in [0.15, 0.2) is 0 Å². The van der Waals surface area contributed by atoms with Crippen LogP contribution < -0.4 is 21.3 Å². The lowest BCUT2D eigenvalue weighted by molar-refractivity contribution is -0.112. The van der Waals surface area contributed by atoms with Gasteiger partial charge in [-0.25, -0.2) is 13.6 Å². The van der Waals surface area contributed by atoms with Gasteiger partial charge in [0.25, 0.3) is 0 Å². The van der Waals surface area contributed by atoms with Crippen LogP contribution >= 0.6 is 0 Å². The zero-order chi connectivity index (χ0) is 28.0. The highest BCUT2D eigenvalue weighted by molar-refractivity contribution is 5.76. The lowest BCUT2D eigenvalue weighted by Crippen LogP contribution is -2.79. The predicted molar refractivity (Wildman–Crippen MR) is 151 cm³/mol. The Balaban J connectivity index is 1.39. The van der Waals surface area contributed by atoms with E-state index in [-0.39, 0.29) is 48.5 Å². The first kappa shape index (κ1) is 29.0. The van der Waals surface area contributed by atoms with Gasteiger partial charge in [0.05, 0.1) is 24.5 Å². The van der Waals surface area contributed by atoms with Gasteiger partial charge < -0.3 is 25.6 Å². The molecule has 11 unspecified atom stereocenters. The zero-order valence-electron chi connectivity index (χ0n) is 24.7. The summed E-state index contributed by atoms with van der Waals surface area (Å²) in [6.07, 6.45) is 3.17. The molecule has 2 amide bonds. The van der Waals surface area contributed by atoms with Crippen molar-refractivity contribution in [1.29, 1.82) is 0 Å². The van der Waals surface area contributed by atoms with Crippen LogP contribution in [0, 0.1) is 23.7 Å². The molecule has 0 aromatic rings. The number of urea groups is 1. The Kier molecular flexibility index (Phi) is 8.90. The molecule has 5 aliphatic heterocycles. The summed E-state index contributed by atoms with van der Waals surface area (Å²) in [4.78, 5) is 18.6. The molecule has 1 saturated carbocycles. The van der Waals surface area contributed by atoms with Gasteiger partial charge in [-0.2, -0.15) is 0 Å². The first-order valence-corrected chi connectivity index (χ1v) is 16.3. The highest BCUT2D eigenvalue weighted by atomic mass is 19.1. The third kappa shape index (κ3) is 5.52. The van der Waals surface area contributed by atoms with Crippen LogP contribution in [0.25, 0.3) is 0 Å². The fourth-order valence-electron chi connectivity index (χ4n) is 9.04. The Morgan fingerprint density at radius 3 is 2.65 bits per heavy atom. The predicted octanol–water partition coefficient (Wildman–Crippen LogP) is 2.98. The standard InChI is InChI=1S/C30H52F2N6O2/c1-17(2)26-23-13-19(16-34-26)7-4-5-12-40-24-9-6-8-21(31)25(24)27-22(32)14-20-28(37-11-10-33-15-18(37)3)36-30(39)38(23)29(20)35-27/h17-29,33-35H,4-16H2,1-3H3,(H,36,39)/t18-,19?,20?,21?,22?,23?,24?,25?,26?,27?,28?,29?/m0/s1. The van der Waals surface area contributed by atoms with Crippen molar-refractivity contribution in [3.63, 3.8) is 0 Å². The molecule has 6 aliphatic rings. The van der Waals surface area contributed by atoms with E-state index in [0.717, 1.165) is 64.7 Å². The van der Waals surface area contributed by atoms with E-state index in [0.29, 0.717) is 31.3 Å². The van der Waals surface area contributed by atoms with Gasteiger partial charge in [0.15, 0.2) is 0 Å². The average Bonchev–Trinajstić information content (AvgIpc) is 2.92. The number of piperidine rings is 2. The number of ether oxygens (including phenoxy) is 1. The van der Waals surface area contributed by atoms with Crippen molar-refractivity contribution < 1.29 is 18.3 Å². The van der Waals surface area contributed by atoms with E-state index in [9.17, 15) is 4.79 Å². The molecule has 0 spiro atoms. The van der Waals surface area contributed by atoms with Gasteiger partial charge in [0.2, 0.25) is 0 Å². The minimum atomic E-state index is -1.20. The van der Waals surface area contributed by atoms with Crippen LogP contribution in [0.1, 0.15) is 72.1 Å². The Morgan fingerprint density at radius 2 is 1.85 bits per heavy atom. The van der Waals surface area contributed by atoms with Crippen molar-refractivity contribution in [2.24, 2.45) is 23.7 Å². The molecule has 40 heavy (non-hydrogen) atoms. The molecule has 0 aromatic heterocycles. The molecule has 4 N–H and O–H groups in total. The zero-order valence-corrected chi connectivity index (χ0v) is 24.7. The number of nitrogens with zero attached hydrogens (tertiary/aromatic N) is 2. The third-order valence-electron chi connectivity index (χ3n) is 11.1. The third-order valence-corrected chi connectivity index (χ3v) is 11.1. The first-order valence-electron chi connectivity index (χ1n) is 16.3. The number of rotatable bonds is 2. The van der Waals surface area contributed by atoms with Crippen LogP contribution in [0.3, 0.4) is 0 Å². The summed E-state index contributed by atoms with van der Waals surface area (Å²) < 4.78 is 38.4. The van der Waals surface area contributed by atoms with Gasteiger partial charge >= 0.3 is 6.03 Å². The number of hydrogen-bond acceptors (Lipinski definition) is 6. The molecule has 0 radical (unpaired) electrons. The van der Waals surface area contributed by atoms with Crippen LogP contribution in [0.5, 0.6) is 0 Å². The van der Waals surface area contributed by atoms with Crippen molar-refractivity contribution in [1.82, 2.24) is 31.1 Å². The smallest absolute Gasteiger partial charge is 0.320 e. The molecule has 228 valence electrons. The molecule has 6 fully saturated rings. The number of carbonyl (C=O) groups excluding carboxylic acids is 1. The number of amides is 2. The minimum absolute atomic E-state index is 0.000487. The summed E-state index contributed by atoms with van der Waals surface area (Å²) >= 11 is 0. The second-order valence-corrected chi connectivity index (χ2v) is 13.9. The van der Waals surface area contributed by atoms with E-state index in [1.54, 1.807) is 0 Å². The quantitative estimate of drug-likeness (QED) is 0.412. The van der Waals surface area contributed by atoms with Crippen molar-refractivity contribution in [3.05, 3.63) is 0 Å². The number of fused-ring (bicyclic) bond motifs is 6. The summed E-state index contributed by atoms with van der Waals surface area (Å²) in [6.45, 7) is 10.7. The number of carbonyl (C=O) groups is 1. The SMILES string of the molecule is CC(C)C1NCC2CCCCOC3CCCC(F)C3C3NC4C(CC3F)C(N3CCNC[C@@H]3C)NC(=O)N4C1C2. The minimum Gasteiger partial charge on any atom is -0.378 e. The highest BCUT2D eigenvalue weighted by Gasteiger charge is 2.56. The van der Waals surface area contributed by atoms with Crippen molar-refractivity contribution in [2.45, 2.75) is 127 Å². The van der Waals surface area contributed by atoms with Crippen LogP contribution in [-0.4, -0.2) is 104 Å². The summed E-state index contributed by atoms with van der Waals surface area (Å²) in [5, 5.41) is 14.3. The summed E-state index contributed by atoms with van der Waals surface area (Å²) in [5.74, 6) is 0.161. The first-order chi connectivity index (χ1) is 19.3. The van der Waals surface area contributed by atoms with E-state index < -0.39 is 24.3 Å². The van der Waals surface area contributed by atoms with Crippen molar-refractivity contribution in [3.8, 4) is 0 Å². The number of hydrogen-bond donors (Lipinski definition) is 4. The molecule has 8 nitrogen and oxygen atoms in total. The van der Waals surface area contributed by atoms with E-state index in [1.807, 2.05) is 4.90 Å². The second-order valence-electron chi connectivity index (χ2n) is 13.9. The number of halogens is 2. The molecule has 5 saturated heterocycles. The number of nitrogens with one attached hydrogen (secondary N) is 4. The second kappa shape index (κ2) is 12.3. The summed E-state index contributed by atoms with van der Waals surface area (Å²) in [6, 6.07) is -0.342. The Labute approximate surface area is 239 Å². The van der Waals surface area contributed by atoms with Gasteiger partial charge in [0, 0.05) is 56.2 Å². The molecule has 12 atom stereocenters. The van der Waals surface area contributed by atoms with Crippen molar-refractivity contribution in [2.75, 3.05) is 32.8 Å². The molecule has 10 heteroatoms. The van der Waals surface area contributed by atoms with E-state index in [1.165, 1.54) is 0 Å². The largest absolute Gasteiger partial charge is 0.378 e. The fraction of sp³-hybridized carbons (Fsp3) is 0.967. The Bertz CT molecular complexity index is 883. The number of alkyl halides is 2. The molecular weight excluding hydrogens is 514 g/mol. The molecule has 1 aliphatic carbocycles. The van der Waals surface area contributed by atoms with Gasteiger partial charge in [-0.05, 0) is 70.3 Å². The molecular formula is C30H52F2N6O2. The molecule has 6 rings (SSSR count). The van der Waals surface area contributed by atoms with Crippen LogP contribution in [0.2, 0.25) is 0 Å². The van der Waals surface area contributed by atoms with Gasteiger partial charge in [-0.15, -0.1) is 0 Å². The van der Waals surface area contributed by atoms with Crippen LogP contribution in [-0.2, 0) is 4.74 Å². The number of piperazine rings is 1. The highest BCUT2D eigenvalue weighted by Crippen LogP contribution is 2.42. The maximum atomic E-state index is 16.4. The van der Waals surface area contributed by atoms with Crippen LogP contribution in [0.4, 0.5) is 13.6 Å². The Hall–Kier alpha value is -1.07. The normalized spacial score (nSPS) is 47.2. The summed E-state index contributed by atoms with van der Waals surface area (Å²) in [7, 11) is 0. The van der Waals surface area contributed by atoms with Gasteiger partial charge in [-0.1, -0.05) is 20.3 Å². The van der Waals surface area contributed by atoms with Gasteiger partial charge in [-0.3, -0.25) is 10.2 Å². The lowest BCUT2D eigenvalue weighted by Gasteiger charge is -2.59. The molecule has 0 aromatic carbocycles. The van der Waals surface area contributed by atoms with E-state index >= 15 is 8.78 Å². The summed E-state index contributed by atoms with van der Waals surface area (Å²) in [5.41, 5.74) is 0. The monoisotopic (exact) mass is 566 g/mol. The lowest BCUT2D eigenvalue weighted by atomic mass is 9.73. The average molecular weight is 567 g/mol. The van der Waals surface area contributed by atoms with Crippen molar-refractivity contribution >= 4 is 6.03 Å². The maximum absolute atomic E-state index is 16.4.